The molecule has 21 heavy (non-hydrogen) atoms. The highest BCUT2D eigenvalue weighted by Crippen LogP contribution is 2.31. The quantitative estimate of drug-likeness (QED) is 0.567. The second kappa shape index (κ2) is 5.58. The molecule has 3 nitrogen and oxygen atoms in total. The molecule has 0 aliphatic heterocycles. The second-order valence-electron chi connectivity index (χ2n) is 4.87. The molecule has 1 aromatic heterocycles. The Morgan fingerprint density at radius 2 is 1.90 bits per heavy atom. The Bertz CT molecular complexity index is 827. The number of pyridine rings is 1. The smallest absolute Gasteiger partial charge is 0.125 e. The molecule has 3 N–H and O–H groups in total. The van der Waals surface area contributed by atoms with Crippen molar-refractivity contribution in [3.8, 4) is 0 Å². The van der Waals surface area contributed by atoms with Crippen LogP contribution in [0.1, 0.15) is 11.1 Å². The van der Waals surface area contributed by atoms with Crippen molar-refractivity contribution in [3.05, 3.63) is 65.7 Å². The number of rotatable bonds is 3. The van der Waals surface area contributed by atoms with E-state index in [9.17, 15) is 0 Å². The van der Waals surface area contributed by atoms with Crippen LogP contribution in [0.15, 0.2) is 64.5 Å². The normalized spacial score (nSPS) is 10.7. The lowest BCUT2D eigenvalue weighted by Crippen LogP contribution is -2.13. The van der Waals surface area contributed by atoms with Crippen LogP contribution in [0, 0.1) is 12.3 Å². The van der Waals surface area contributed by atoms with Gasteiger partial charge >= 0.3 is 0 Å². The average Bonchev–Trinajstić information content (AvgIpc) is 2.46. The van der Waals surface area contributed by atoms with E-state index in [2.05, 4.69) is 24.0 Å². The van der Waals surface area contributed by atoms with Crippen molar-refractivity contribution in [2.75, 3.05) is 0 Å². The van der Waals surface area contributed by atoms with Gasteiger partial charge < -0.3 is 5.73 Å². The van der Waals surface area contributed by atoms with Crippen molar-refractivity contribution in [1.29, 1.82) is 5.41 Å². The van der Waals surface area contributed by atoms with Crippen molar-refractivity contribution in [1.82, 2.24) is 4.98 Å². The standard InChI is InChI=1S/C17H15N3S/c1-11-5-4-7-13(9-11)21-17-14(16(18)19)10-12-6-2-3-8-15(12)20-17/h2-10H,1H3,(H3,18,19). The Labute approximate surface area is 127 Å². The van der Waals surface area contributed by atoms with E-state index < -0.39 is 0 Å². The highest BCUT2D eigenvalue weighted by molar-refractivity contribution is 7.99. The Balaban J connectivity index is 2.11. The molecule has 0 amide bonds. The van der Waals surface area contributed by atoms with E-state index in [1.165, 1.54) is 17.3 Å². The number of aromatic nitrogens is 1. The summed E-state index contributed by atoms with van der Waals surface area (Å²) in [5.41, 5.74) is 8.51. The monoisotopic (exact) mass is 293 g/mol. The third-order valence-corrected chi connectivity index (χ3v) is 4.18. The van der Waals surface area contributed by atoms with Gasteiger partial charge in [0.1, 0.15) is 10.9 Å². The fraction of sp³-hybridized carbons (Fsp3) is 0.0588. The molecule has 3 aromatic rings. The molecule has 0 bridgehead atoms. The lowest BCUT2D eigenvalue weighted by molar-refractivity contribution is 1.16. The predicted molar refractivity (Wildman–Crippen MR) is 88.1 cm³/mol. The predicted octanol–water partition coefficient (Wildman–Crippen LogP) is 3.98. The average molecular weight is 293 g/mol. The van der Waals surface area contributed by atoms with Gasteiger partial charge in [-0.05, 0) is 31.2 Å². The highest BCUT2D eigenvalue weighted by atomic mass is 32.2. The van der Waals surface area contributed by atoms with E-state index in [0.29, 0.717) is 5.56 Å². The Morgan fingerprint density at radius 1 is 1.10 bits per heavy atom. The van der Waals surface area contributed by atoms with Crippen molar-refractivity contribution in [2.24, 2.45) is 5.73 Å². The maximum Gasteiger partial charge on any atom is 0.125 e. The van der Waals surface area contributed by atoms with Crippen LogP contribution in [0.5, 0.6) is 0 Å². The Hall–Kier alpha value is -2.33. The van der Waals surface area contributed by atoms with E-state index in [4.69, 9.17) is 11.1 Å². The van der Waals surface area contributed by atoms with E-state index in [-0.39, 0.29) is 5.84 Å². The van der Waals surface area contributed by atoms with Crippen LogP contribution in [0.3, 0.4) is 0 Å². The van der Waals surface area contributed by atoms with Crippen LogP contribution >= 0.6 is 11.8 Å². The molecule has 4 heteroatoms. The molecule has 3 rings (SSSR count). The molecule has 104 valence electrons. The second-order valence-corrected chi connectivity index (χ2v) is 5.93. The van der Waals surface area contributed by atoms with Gasteiger partial charge in [0.05, 0.1) is 5.52 Å². The van der Waals surface area contributed by atoms with Crippen LogP contribution in [0.2, 0.25) is 0 Å². The number of fused-ring (bicyclic) bond motifs is 1. The summed E-state index contributed by atoms with van der Waals surface area (Å²) in [6.45, 7) is 2.06. The van der Waals surface area contributed by atoms with Crippen LogP contribution in [-0.2, 0) is 0 Å². The summed E-state index contributed by atoms with van der Waals surface area (Å²) in [4.78, 5) is 5.76. The zero-order chi connectivity index (χ0) is 14.8. The van der Waals surface area contributed by atoms with Gasteiger partial charge in [-0.3, -0.25) is 5.41 Å². The highest BCUT2D eigenvalue weighted by Gasteiger charge is 2.11. The number of amidine groups is 1. The van der Waals surface area contributed by atoms with Crippen molar-refractivity contribution < 1.29 is 0 Å². The number of benzene rings is 2. The van der Waals surface area contributed by atoms with E-state index in [1.54, 1.807) is 0 Å². The lowest BCUT2D eigenvalue weighted by Gasteiger charge is -2.09. The number of aryl methyl sites for hydroxylation is 1. The van der Waals surface area contributed by atoms with Gasteiger partial charge in [0.2, 0.25) is 0 Å². The van der Waals surface area contributed by atoms with Crippen molar-refractivity contribution >= 4 is 28.5 Å². The fourth-order valence-electron chi connectivity index (χ4n) is 2.16. The molecule has 0 fully saturated rings. The first-order valence-corrected chi connectivity index (χ1v) is 7.44. The number of nitrogen functional groups attached to an aromatic ring is 1. The van der Waals surface area contributed by atoms with E-state index in [0.717, 1.165) is 20.8 Å². The summed E-state index contributed by atoms with van der Waals surface area (Å²) in [5.74, 6) is 0.0448. The van der Waals surface area contributed by atoms with Crippen LogP contribution in [0.4, 0.5) is 0 Å². The number of para-hydroxylation sites is 1. The first-order chi connectivity index (χ1) is 10.1. The topological polar surface area (TPSA) is 62.8 Å². The Kier molecular flexibility index (Phi) is 3.62. The minimum atomic E-state index is 0.0448. The molecule has 0 aliphatic rings. The van der Waals surface area contributed by atoms with E-state index in [1.807, 2.05) is 42.5 Å². The van der Waals surface area contributed by atoms with Gasteiger partial charge in [0.15, 0.2) is 0 Å². The maximum atomic E-state index is 7.78. The van der Waals surface area contributed by atoms with Gasteiger partial charge in [0, 0.05) is 15.8 Å². The Morgan fingerprint density at radius 3 is 2.67 bits per heavy atom. The van der Waals surface area contributed by atoms with Gasteiger partial charge in [-0.2, -0.15) is 0 Å². The largest absolute Gasteiger partial charge is 0.384 e. The van der Waals surface area contributed by atoms with Gasteiger partial charge in [-0.25, -0.2) is 4.98 Å². The van der Waals surface area contributed by atoms with Gasteiger partial charge in [-0.1, -0.05) is 47.7 Å². The van der Waals surface area contributed by atoms with Crippen molar-refractivity contribution in [2.45, 2.75) is 16.8 Å². The number of nitrogens with zero attached hydrogens (tertiary/aromatic N) is 1. The molecule has 1 heterocycles. The molecule has 0 atom stereocenters. The van der Waals surface area contributed by atoms with E-state index >= 15 is 0 Å². The first-order valence-electron chi connectivity index (χ1n) is 6.62. The minimum Gasteiger partial charge on any atom is -0.384 e. The number of hydrogen-bond acceptors (Lipinski definition) is 3. The molecule has 0 aliphatic carbocycles. The lowest BCUT2D eigenvalue weighted by atomic mass is 10.1. The zero-order valence-corrected chi connectivity index (χ0v) is 12.4. The summed E-state index contributed by atoms with van der Waals surface area (Å²) in [6, 6.07) is 18.0. The molecule has 2 aromatic carbocycles. The van der Waals surface area contributed by atoms with Crippen LogP contribution in [-0.4, -0.2) is 10.8 Å². The molecule has 0 saturated heterocycles. The molecule has 0 saturated carbocycles. The number of hydrogen-bond donors (Lipinski definition) is 2. The molecule has 0 spiro atoms. The zero-order valence-electron chi connectivity index (χ0n) is 11.6. The molecule has 0 unspecified atom stereocenters. The first kappa shape index (κ1) is 13.6. The third kappa shape index (κ3) is 2.90. The summed E-state index contributed by atoms with van der Waals surface area (Å²) >= 11 is 1.54. The molecule has 0 radical (unpaired) electrons. The van der Waals surface area contributed by atoms with Gasteiger partial charge in [-0.15, -0.1) is 0 Å². The molecular formula is C17H15N3S. The summed E-state index contributed by atoms with van der Waals surface area (Å²) in [6.07, 6.45) is 0. The number of nitrogens with one attached hydrogen (secondary N) is 1. The minimum absolute atomic E-state index is 0.0448. The SMILES string of the molecule is Cc1cccc(Sc2nc3ccccc3cc2C(=N)N)c1. The number of nitrogens with two attached hydrogens (primary N) is 1. The summed E-state index contributed by atoms with van der Waals surface area (Å²) < 4.78 is 0. The van der Waals surface area contributed by atoms with Gasteiger partial charge in [0.25, 0.3) is 0 Å². The fourth-order valence-corrected chi connectivity index (χ4v) is 3.20. The van der Waals surface area contributed by atoms with Crippen LogP contribution < -0.4 is 5.73 Å². The van der Waals surface area contributed by atoms with Crippen LogP contribution in [0.25, 0.3) is 10.9 Å². The third-order valence-electron chi connectivity index (χ3n) is 3.18. The summed E-state index contributed by atoms with van der Waals surface area (Å²) in [5, 5.41) is 9.55. The maximum absolute atomic E-state index is 7.78. The summed E-state index contributed by atoms with van der Waals surface area (Å²) in [7, 11) is 0. The van der Waals surface area contributed by atoms with Crippen molar-refractivity contribution in [3.63, 3.8) is 0 Å². The molecular weight excluding hydrogens is 278 g/mol.